The van der Waals surface area contributed by atoms with Gasteiger partial charge in [0.15, 0.2) is 0 Å². The standard InChI is InChI=1S/C23H28N2O3/c1-5-6-7-8-11-25-15-20(18-9-10-24-14-19(18)23(25)26)17-12-21(27-3)16(2)22(13-17)28-4/h9-10,12-15H,5-8,11H2,1-4H3. The van der Waals surface area contributed by atoms with Crippen LogP contribution in [-0.2, 0) is 6.54 Å². The van der Waals surface area contributed by atoms with E-state index in [1.54, 1.807) is 26.6 Å². The first-order chi connectivity index (χ1) is 13.6. The van der Waals surface area contributed by atoms with Crippen molar-refractivity contribution in [2.75, 3.05) is 14.2 Å². The Morgan fingerprint density at radius 2 is 1.75 bits per heavy atom. The molecule has 5 nitrogen and oxygen atoms in total. The minimum atomic E-state index is 0.00869. The van der Waals surface area contributed by atoms with Crippen LogP contribution in [-0.4, -0.2) is 23.8 Å². The SMILES string of the molecule is CCCCCCn1cc(-c2cc(OC)c(C)c(OC)c2)c2ccncc2c1=O. The lowest BCUT2D eigenvalue weighted by Crippen LogP contribution is -2.20. The van der Waals surface area contributed by atoms with Gasteiger partial charge >= 0.3 is 0 Å². The number of rotatable bonds is 8. The maximum Gasteiger partial charge on any atom is 0.260 e. The molecule has 0 aliphatic heterocycles. The van der Waals surface area contributed by atoms with Gasteiger partial charge in [-0.05, 0) is 42.5 Å². The Morgan fingerprint density at radius 3 is 2.39 bits per heavy atom. The number of hydrogen-bond acceptors (Lipinski definition) is 4. The Morgan fingerprint density at radius 1 is 1.04 bits per heavy atom. The van der Waals surface area contributed by atoms with Crippen molar-refractivity contribution in [3.05, 3.63) is 52.7 Å². The molecule has 148 valence electrons. The van der Waals surface area contributed by atoms with Gasteiger partial charge in [0.25, 0.3) is 5.56 Å². The zero-order chi connectivity index (χ0) is 20.1. The molecule has 0 radical (unpaired) electrons. The number of methoxy groups -OCH3 is 2. The minimum absolute atomic E-state index is 0.00869. The molecule has 28 heavy (non-hydrogen) atoms. The molecule has 0 bridgehead atoms. The number of ether oxygens (including phenoxy) is 2. The Balaban J connectivity index is 2.17. The lowest BCUT2D eigenvalue weighted by Gasteiger charge is -2.16. The number of aromatic nitrogens is 2. The van der Waals surface area contributed by atoms with Gasteiger partial charge in [0.05, 0.1) is 19.6 Å². The highest BCUT2D eigenvalue weighted by molar-refractivity contribution is 5.95. The molecular formula is C23H28N2O3. The van der Waals surface area contributed by atoms with E-state index < -0.39 is 0 Å². The van der Waals surface area contributed by atoms with E-state index in [0.717, 1.165) is 46.4 Å². The highest BCUT2D eigenvalue weighted by atomic mass is 16.5. The van der Waals surface area contributed by atoms with Gasteiger partial charge in [0.2, 0.25) is 0 Å². The maximum atomic E-state index is 12.9. The summed E-state index contributed by atoms with van der Waals surface area (Å²) in [5, 5.41) is 1.52. The van der Waals surface area contributed by atoms with Gasteiger partial charge in [-0.3, -0.25) is 9.78 Å². The third-order valence-electron chi connectivity index (χ3n) is 5.20. The highest BCUT2D eigenvalue weighted by Gasteiger charge is 2.15. The predicted octanol–water partition coefficient (Wildman–Crippen LogP) is 4.97. The fourth-order valence-electron chi connectivity index (χ4n) is 3.59. The van der Waals surface area contributed by atoms with Crippen molar-refractivity contribution >= 4 is 10.8 Å². The average Bonchev–Trinajstić information content (AvgIpc) is 2.73. The first kappa shape index (κ1) is 19.9. The molecule has 0 N–H and O–H groups in total. The molecule has 0 saturated carbocycles. The molecule has 2 heterocycles. The van der Waals surface area contributed by atoms with Crippen LogP contribution < -0.4 is 15.0 Å². The fraction of sp³-hybridized carbons (Fsp3) is 0.391. The predicted molar refractivity (Wildman–Crippen MR) is 113 cm³/mol. The molecule has 2 aromatic heterocycles. The van der Waals surface area contributed by atoms with Crippen LogP contribution in [0.4, 0.5) is 0 Å². The molecule has 0 aliphatic carbocycles. The Labute approximate surface area is 165 Å². The number of pyridine rings is 2. The van der Waals surface area contributed by atoms with Crippen molar-refractivity contribution in [1.29, 1.82) is 0 Å². The summed E-state index contributed by atoms with van der Waals surface area (Å²) >= 11 is 0. The molecule has 3 rings (SSSR count). The fourth-order valence-corrected chi connectivity index (χ4v) is 3.59. The molecule has 5 heteroatoms. The van der Waals surface area contributed by atoms with Crippen molar-refractivity contribution < 1.29 is 9.47 Å². The summed E-state index contributed by atoms with van der Waals surface area (Å²) in [6, 6.07) is 5.89. The van der Waals surface area contributed by atoms with Gasteiger partial charge in [-0.1, -0.05) is 26.2 Å². The van der Waals surface area contributed by atoms with E-state index in [1.807, 2.05) is 35.9 Å². The van der Waals surface area contributed by atoms with E-state index in [9.17, 15) is 4.79 Å². The molecule has 0 atom stereocenters. The Kier molecular flexibility index (Phi) is 6.34. The van der Waals surface area contributed by atoms with Gasteiger partial charge < -0.3 is 14.0 Å². The van der Waals surface area contributed by atoms with Crippen molar-refractivity contribution in [1.82, 2.24) is 9.55 Å². The van der Waals surface area contributed by atoms with Crippen molar-refractivity contribution in [2.24, 2.45) is 0 Å². The number of hydrogen-bond donors (Lipinski definition) is 0. The van der Waals surface area contributed by atoms with Crippen LogP contribution in [0.3, 0.4) is 0 Å². The molecule has 0 aliphatic rings. The lowest BCUT2D eigenvalue weighted by atomic mass is 9.99. The third kappa shape index (κ3) is 3.88. The van der Waals surface area contributed by atoms with E-state index in [2.05, 4.69) is 11.9 Å². The van der Waals surface area contributed by atoms with E-state index in [0.29, 0.717) is 11.9 Å². The third-order valence-corrected chi connectivity index (χ3v) is 5.20. The summed E-state index contributed by atoms with van der Waals surface area (Å²) in [4.78, 5) is 17.1. The monoisotopic (exact) mass is 380 g/mol. The summed E-state index contributed by atoms with van der Waals surface area (Å²) in [5.41, 5.74) is 2.89. The summed E-state index contributed by atoms with van der Waals surface area (Å²) < 4.78 is 12.9. The van der Waals surface area contributed by atoms with Crippen molar-refractivity contribution in [3.63, 3.8) is 0 Å². The van der Waals surface area contributed by atoms with Crippen LogP contribution in [0.5, 0.6) is 11.5 Å². The lowest BCUT2D eigenvalue weighted by molar-refractivity contribution is 0.389. The van der Waals surface area contributed by atoms with Crippen molar-refractivity contribution in [2.45, 2.75) is 46.1 Å². The largest absolute Gasteiger partial charge is 0.496 e. The van der Waals surface area contributed by atoms with Gasteiger partial charge in [0, 0.05) is 36.3 Å². The summed E-state index contributed by atoms with van der Waals surface area (Å²) in [5.74, 6) is 1.52. The first-order valence-electron chi connectivity index (χ1n) is 9.80. The van der Waals surface area contributed by atoms with Crippen LogP contribution in [0.1, 0.15) is 38.2 Å². The highest BCUT2D eigenvalue weighted by Crippen LogP contribution is 2.36. The van der Waals surface area contributed by atoms with Crippen LogP contribution in [0.2, 0.25) is 0 Å². The molecule has 0 amide bonds. The minimum Gasteiger partial charge on any atom is -0.496 e. The zero-order valence-electron chi connectivity index (χ0n) is 17.1. The van der Waals surface area contributed by atoms with Crippen LogP contribution in [0.25, 0.3) is 21.9 Å². The zero-order valence-corrected chi connectivity index (χ0v) is 17.1. The first-order valence-corrected chi connectivity index (χ1v) is 9.80. The summed E-state index contributed by atoms with van der Waals surface area (Å²) in [7, 11) is 3.31. The Hall–Kier alpha value is -2.82. The molecule has 0 unspecified atom stereocenters. The van der Waals surface area contributed by atoms with E-state index in [4.69, 9.17) is 9.47 Å². The second kappa shape index (κ2) is 8.91. The maximum absolute atomic E-state index is 12.9. The second-order valence-electron chi connectivity index (χ2n) is 7.03. The quantitative estimate of drug-likeness (QED) is 0.518. The van der Waals surface area contributed by atoms with Crippen molar-refractivity contribution in [3.8, 4) is 22.6 Å². The van der Waals surface area contributed by atoms with Crippen LogP contribution in [0, 0.1) is 6.92 Å². The number of unbranched alkanes of at least 4 members (excludes halogenated alkanes) is 3. The van der Waals surface area contributed by atoms with Crippen LogP contribution in [0.15, 0.2) is 41.6 Å². The number of nitrogens with zero attached hydrogens (tertiary/aromatic N) is 2. The van der Waals surface area contributed by atoms with Gasteiger partial charge in [-0.15, -0.1) is 0 Å². The number of fused-ring (bicyclic) bond motifs is 1. The number of benzene rings is 1. The van der Waals surface area contributed by atoms with Gasteiger partial charge in [0.1, 0.15) is 11.5 Å². The van der Waals surface area contributed by atoms with E-state index >= 15 is 0 Å². The summed E-state index contributed by atoms with van der Waals surface area (Å²) in [6.07, 6.45) is 9.80. The Bertz CT molecular complexity index is 999. The normalized spacial score (nSPS) is 11.0. The molecule has 0 fully saturated rings. The molecular weight excluding hydrogens is 352 g/mol. The van der Waals surface area contributed by atoms with Gasteiger partial charge in [-0.2, -0.15) is 0 Å². The summed E-state index contributed by atoms with van der Waals surface area (Å²) in [6.45, 7) is 4.86. The average molecular weight is 380 g/mol. The molecule has 3 aromatic rings. The van der Waals surface area contributed by atoms with E-state index in [-0.39, 0.29) is 5.56 Å². The molecule has 0 spiro atoms. The molecule has 1 aromatic carbocycles. The second-order valence-corrected chi connectivity index (χ2v) is 7.03. The smallest absolute Gasteiger partial charge is 0.260 e. The van der Waals surface area contributed by atoms with Gasteiger partial charge in [-0.25, -0.2) is 0 Å². The molecule has 0 saturated heterocycles. The van der Waals surface area contributed by atoms with E-state index in [1.165, 1.54) is 12.8 Å². The number of aryl methyl sites for hydroxylation is 1. The topological polar surface area (TPSA) is 53.4 Å². The van der Waals surface area contributed by atoms with Crippen LogP contribution >= 0.6 is 0 Å².